The second-order valence-electron chi connectivity index (χ2n) is 8.03. The predicted molar refractivity (Wildman–Crippen MR) is 139 cm³/mol. The molecule has 36 heavy (non-hydrogen) atoms. The number of benzene rings is 3. The molecule has 0 spiro atoms. The highest BCUT2D eigenvalue weighted by molar-refractivity contribution is 6.39. The summed E-state index contributed by atoms with van der Waals surface area (Å²) in [6, 6.07) is 17.7. The number of ether oxygens (including phenoxy) is 2. The number of rotatable bonds is 8. The lowest BCUT2D eigenvalue weighted by atomic mass is 10.1. The third kappa shape index (κ3) is 7.17. The first-order valence-corrected chi connectivity index (χ1v) is 11.1. The Morgan fingerprint density at radius 3 is 2.22 bits per heavy atom. The van der Waals surface area contributed by atoms with Crippen molar-refractivity contribution in [3.8, 4) is 11.5 Å². The minimum absolute atomic E-state index is 0.205. The number of amides is 3. The minimum Gasteiger partial charge on any atom is -0.493 e. The number of hydrogen-bond acceptors (Lipinski definition) is 6. The highest BCUT2D eigenvalue weighted by Gasteiger charge is 2.13. The average molecular weight is 489 g/mol. The molecule has 0 aliphatic rings. The molecule has 9 nitrogen and oxygen atoms in total. The van der Waals surface area contributed by atoms with E-state index in [1.54, 1.807) is 30.3 Å². The van der Waals surface area contributed by atoms with Crippen molar-refractivity contribution in [2.45, 2.75) is 20.8 Å². The van der Waals surface area contributed by atoms with Gasteiger partial charge in [-0.1, -0.05) is 35.9 Å². The summed E-state index contributed by atoms with van der Waals surface area (Å²) >= 11 is 0. The van der Waals surface area contributed by atoms with Crippen LogP contribution in [0.4, 0.5) is 11.4 Å². The van der Waals surface area contributed by atoms with E-state index >= 15 is 0 Å². The molecular weight excluding hydrogens is 460 g/mol. The Bertz CT molecular complexity index is 1270. The molecule has 9 heteroatoms. The van der Waals surface area contributed by atoms with Crippen molar-refractivity contribution in [3.05, 3.63) is 82.9 Å². The molecule has 0 saturated carbocycles. The summed E-state index contributed by atoms with van der Waals surface area (Å²) < 4.78 is 11.0. The Morgan fingerprint density at radius 1 is 0.861 bits per heavy atom. The normalized spacial score (nSPS) is 10.6. The molecule has 3 aromatic rings. The maximum absolute atomic E-state index is 12.4. The fourth-order valence-electron chi connectivity index (χ4n) is 3.26. The van der Waals surface area contributed by atoms with Crippen LogP contribution in [-0.4, -0.2) is 37.7 Å². The van der Waals surface area contributed by atoms with Crippen molar-refractivity contribution in [1.82, 2.24) is 5.43 Å². The van der Waals surface area contributed by atoms with Crippen LogP contribution in [0, 0.1) is 20.8 Å². The SMILES string of the molecule is COc1cc(/C=N\NC(=O)C(=O)Nc2ccc(C)cc2)ccc1OCC(=O)Nc1c(C)cccc1C. The van der Waals surface area contributed by atoms with Crippen molar-refractivity contribution < 1.29 is 23.9 Å². The number of methoxy groups -OCH3 is 1. The fourth-order valence-corrected chi connectivity index (χ4v) is 3.26. The van der Waals surface area contributed by atoms with Gasteiger partial charge in [0, 0.05) is 11.4 Å². The van der Waals surface area contributed by atoms with Gasteiger partial charge in [0.25, 0.3) is 5.91 Å². The summed E-state index contributed by atoms with van der Waals surface area (Å²) in [5, 5.41) is 9.17. The first-order valence-electron chi connectivity index (χ1n) is 11.1. The molecule has 0 radical (unpaired) electrons. The topological polar surface area (TPSA) is 118 Å². The van der Waals surface area contributed by atoms with E-state index in [0.29, 0.717) is 22.7 Å². The van der Waals surface area contributed by atoms with Gasteiger partial charge in [-0.3, -0.25) is 14.4 Å². The van der Waals surface area contributed by atoms with Crippen molar-refractivity contribution in [2.75, 3.05) is 24.4 Å². The monoisotopic (exact) mass is 488 g/mol. The second kappa shape index (κ2) is 12.2. The van der Waals surface area contributed by atoms with Gasteiger partial charge in [0.05, 0.1) is 13.3 Å². The van der Waals surface area contributed by atoms with Crippen molar-refractivity contribution in [1.29, 1.82) is 0 Å². The molecule has 3 amide bonds. The van der Waals surface area contributed by atoms with E-state index in [1.807, 2.05) is 51.1 Å². The van der Waals surface area contributed by atoms with E-state index in [2.05, 4.69) is 21.2 Å². The first-order chi connectivity index (χ1) is 17.3. The van der Waals surface area contributed by atoms with E-state index in [4.69, 9.17) is 9.47 Å². The molecule has 0 aromatic heterocycles. The maximum Gasteiger partial charge on any atom is 0.329 e. The van der Waals surface area contributed by atoms with Crippen molar-refractivity contribution in [3.63, 3.8) is 0 Å². The molecule has 0 bridgehead atoms. The lowest BCUT2D eigenvalue weighted by molar-refractivity contribution is -0.136. The number of carbonyl (C=O) groups excluding carboxylic acids is 3. The second-order valence-corrected chi connectivity index (χ2v) is 8.03. The predicted octanol–water partition coefficient (Wildman–Crippen LogP) is 3.73. The summed E-state index contributed by atoms with van der Waals surface area (Å²) in [7, 11) is 1.47. The van der Waals surface area contributed by atoms with Crippen LogP contribution in [0.3, 0.4) is 0 Å². The van der Waals surface area contributed by atoms with Crippen molar-refractivity contribution >= 4 is 35.3 Å². The Morgan fingerprint density at radius 2 is 1.56 bits per heavy atom. The zero-order valence-corrected chi connectivity index (χ0v) is 20.5. The molecule has 0 atom stereocenters. The molecule has 3 rings (SSSR count). The molecule has 0 unspecified atom stereocenters. The number of nitrogens with one attached hydrogen (secondary N) is 3. The van der Waals surface area contributed by atoms with Gasteiger partial charge in [0.2, 0.25) is 0 Å². The number of para-hydroxylation sites is 1. The maximum atomic E-state index is 12.4. The van der Waals surface area contributed by atoms with Crippen LogP contribution in [0.1, 0.15) is 22.3 Å². The zero-order valence-electron chi connectivity index (χ0n) is 20.5. The van der Waals surface area contributed by atoms with E-state index in [1.165, 1.54) is 13.3 Å². The van der Waals surface area contributed by atoms with Gasteiger partial charge in [-0.15, -0.1) is 0 Å². The summed E-state index contributed by atoms with van der Waals surface area (Å²) in [6.45, 7) is 5.56. The zero-order chi connectivity index (χ0) is 26.1. The molecule has 0 saturated heterocycles. The Balaban J connectivity index is 1.54. The fraction of sp³-hybridized carbons (Fsp3) is 0.185. The largest absolute Gasteiger partial charge is 0.493 e. The van der Waals surface area contributed by atoms with Gasteiger partial charge in [-0.05, 0) is 67.8 Å². The Hall–Kier alpha value is -4.66. The van der Waals surface area contributed by atoms with Gasteiger partial charge in [-0.2, -0.15) is 5.10 Å². The molecule has 0 aliphatic heterocycles. The van der Waals surface area contributed by atoms with Crippen LogP contribution >= 0.6 is 0 Å². The number of nitrogens with zero attached hydrogens (tertiary/aromatic N) is 1. The van der Waals surface area contributed by atoms with Crippen LogP contribution in [0.15, 0.2) is 65.8 Å². The molecule has 3 aromatic carbocycles. The summed E-state index contributed by atoms with van der Waals surface area (Å²) in [5.74, 6) is -1.30. The van der Waals surface area contributed by atoms with Crippen LogP contribution in [0.25, 0.3) is 0 Å². The summed E-state index contributed by atoms with van der Waals surface area (Å²) in [4.78, 5) is 36.4. The molecule has 0 aliphatic carbocycles. The van der Waals surface area contributed by atoms with Gasteiger partial charge in [0.1, 0.15) is 0 Å². The molecule has 186 valence electrons. The van der Waals surface area contributed by atoms with Gasteiger partial charge in [-0.25, -0.2) is 5.43 Å². The third-order valence-electron chi connectivity index (χ3n) is 5.19. The average Bonchev–Trinajstić information content (AvgIpc) is 2.86. The van der Waals surface area contributed by atoms with Crippen LogP contribution in [0.2, 0.25) is 0 Å². The quantitative estimate of drug-likeness (QED) is 0.254. The first kappa shape index (κ1) is 26.0. The number of carbonyl (C=O) groups is 3. The molecular formula is C27H28N4O5. The van der Waals surface area contributed by atoms with E-state index in [-0.39, 0.29) is 12.5 Å². The summed E-state index contributed by atoms with van der Waals surface area (Å²) in [5.41, 5.74) is 6.99. The third-order valence-corrected chi connectivity index (χ3v) is 5.19. The van der Waals surface area contributed by atoms with E-state index in [0.717, 1.165) is 22.4 Å². The van der Waals surface area contributed by atoms with Gasteiger partial charge in [0.15, 0.2) is 18.1 Å². The standard InChI is InChI=1S/C27H28N4O5/c1-17-8-11-21(12-9-17)29-26(33)27(34)31-28-15-20-10-13-22(23(14-20)35-4)36-16-24(32)30-25-18(2)6-5-7-19(25)3/h5-15H,16H2,1-4H3,(H,29,33)(H,30,32)(H,31,34)/b28-15-. The lowest BCUT2D eigenvalue weighted by Crippen LogP contribution is -2.32. The van der Waals surface area contributed by atoms with Gasteiger partial charge >= 0.3 is 11.8 Å². The van der Waals surface area contributed by atoms with E-state index < -0.39 is 11.8 Å². The van der Waals surface area contributed by atoms with Crippen molar-refractivity contribution in [2.24, 2.45) is 5.10 Å². The van der Waals surface area contributed by atoms with Crippen LogP contribution in [0.5, 0.6) is 11.5 Å². The number of anilines is 2. The molecule has 0 fully saturated rings. The van der Waals surface area contributed by atoms with E-state index in [9.17, 15) is 14.4 Å². The minimum atomic E-state index is -0.909. The van der Waals surface area contributed by atoms with Gasteiger partial charge < -0.3 is 20.1 Å². The summed E-state index contributed by atoms with van der Waals surface area (Å²) in [6.07, 6.45) is 1.36. The Labute approximate surface area is 209 Å². The number of hydrazone groups is 1. The van der Waals surface area contributed by atoms with Crippen LogP contribution in [-0.2, 0) is 14.4 Å². The molecule has 0 heterocycles. The highest BCUT2D eigenvalue weighted by atomic mass is 16.5. The highest BCUT2D eigenvalue weighted by Crippen LogP contribution is 2.27. The van der Waals surface area contributed by atoms with Crippen LogP contribution < -0.4 is 25.5 Å². The number of aryl methyl sites for hydroxylation is 3. The molecule has 3 N–H and O–H groups in total. The number of hydrogen-bond donors (Lipinski definition) is 3. The lowest BCUT2D eigenvalue weighted by Gasteiger charge is -2.13. The smallest absolute Gasteiger partial charge is 0.329 e. The Kier molecular flexibility index (Phi) is 8.77.